The molecule has 0 amide bonds. The van der Waals surface area contributed by atoms with Gasteiger partial charge in [0, 0.05) is 28.6 Å². The number of carbonyl (C=O) groups is 1. The quantitative estimate of drug-likeness (QED) is 0.360. The van der Waals surface area contributed by atoms with Crippen LogP contribution >= 0.6 is 11.6 Å². The summed E-state index contributed by atoms with van der Waals surface area (Å²) >= 11 is 5.70. The fourth-order valence-electron chi connectivity index (χ4n) is 1.37. The highest BCUT2D eigenvalue weighted by atomic mass is 35.5. The zero-order chi connectivity index (χ0) is 13.5. The van der Waals surface area contributed by atoms with Crippen LogP contribution in [0, 0.1) is 5.82 Å². The van der Waals surface area contributed by atoms with E-state index >= 15 is 0 Å². The average Bonchev–Trinajstić information content (AvgIpc) is 2.32. The molecule has 1 aromatic carbocycles. The van der Waals surface area contributed by atoms with Gasteiger partial charge in [-0.25, -0.2) is 4.39 Å². The summed E-state index contributed by atoms with van der Waals surface area (Å²) in [6, 6.07) is 2.44. The minimum atomic E-state index is -1.24. The summed E-state index contributed by atoms with van der Waals surface area (Å²) in [6.45, 7) is 0.190. The Kier molecular flexibility index (Phi) is 5.38. The van der Waals surface area contributed by atoms with Crippen LogP contribution in [-0.4, -0.2) is 24.2 Å². The largest absolute Gasteiger partial charge is 0.480 e. The van der Waals surface area contributed by atoms with E-state index in [0.29, 0.717) is 0 Å². The fourth-order valence-corrected chi connectivity index (χ4v) is 1.55. The third-order valence-corrected chi connectivity index (χ3v) is 2.37. The van der Waals surface area contributed by atoms with E-state index in [2.05, 4.69) is 15.3 Å². The van der Waals surface area contributed by atoms with Crippen molar-refractivity contribution >= 4 is 17.6 Å². The zero-order valence-corrected chi connectivity index (χ0v) is 9.93. The molecule has 6 nitrogen and oxygen atoms in total. The summed E-state index contributed by atoms with van der Waals surface area (Å²) in [5.41, 5.74) is 8.02. The Morgan fingerprint density at radius 1 is 1.67 bits per heavy atom. The minimum Gasteiger partial charge on any atom is -0.480 e. The lowest BCUT2D eigenvalue weighted by Crippen LogP contribution is -2.31. The third kappa shape index (κ3) is 3.89. The Hall–Kier alpha value is -1.82. The van der Waals surface area contributed by atoms with E-state index in [9.17, 15) is 9.18 Å². The van der Waals surface area contributed by atoms with Crippen molar-refractivity contribution in [1.29, 1.82) is 0 Å². The van der Waals surface area contributed by atoms with E-state index in [1.54, 1.807) is 0 Å². The molecule has 8 heteroatoms. The second kappa shape index (κ2) is 6.80. The Balaban J connectivity index is 2.87. The van der Waals surface area contributed by atoms with Gasteiger partial charge < -0.3 is 10.4 Å². The molecular weight excluding hydrogens is 263 g/mol. The van der Waals surface area contributed by atoms with Crippen molar-refractivity contribution in [3.05, 3.63) is 45.0 Å². The van der Waals surface area contributed by atoms with Crippen LogP contribution < -0.4 is 5.32 Å². The van der Waals surface area contributed by atoms with Crippen molar-refractivity contribution in [1.82, 2.24) is 5.32 Å². The molecule has 2 N–H and O–H groups in total. The number of azide groups is 1. The van der Waals surface area contributed by atoms with Gasteiger partial charge in [-0.3, -0.25) is 4.79 Å². The fraction of sp³-hybridized carbons (Fsp3) is 0.300. The maximum Gasteiger partial charge on any atom is 0.325 e. The second-order valence-corrected chi connectivity index (χ2v) is 3.78. The number of benzene rings is 1. The average molecular weight is 273 g/mol. The van der Waals surface area contributed by atoms with Crippen LogP contribution in [0.5, 0.6) is 0 Å². The number of nitrogens with zero attached hydrogens (tertiary/aromatic N) is 3. The van der Waals surface area contributed by atoms with Crippen molar-refractivity contribution in [2.24, 2.45) is 5.11 Å². The van der Waals surface area contributed by atoms with Gasteiger partial charge in [-0.1, -0.05) is 16.7 Å². The first-order valence-electron chi connectivity index (χ1n) is 4.98. The summed E-state index contributed by atoms with van der Waals surface area (Å²) in [6.07, 6.45) is 0. The first-order chi connectivity index (χ1) is 8.56. The number of nitrogens with one attached hydrogen (secondary N) is 1. The van der Waals surface area contributed by atoms with Crippen LogP contribution in [0.4, 0.5) is 4.39 Å². The van der Waals surface area contributed by atoms with E-state index in [4.69, 9.17) is 22.2 Å². The molecule has 1 rings (SSSR count). The standard InChI is InChI=1S/C10H10ClFN4O2/c11-6-1-2-8(12)7(5-6)9(10(17)18)14-3-4-15-16-13/h1-2,5,9,14H,3-4H2,(H,17,18). The summed E-state index contributed by atoms with van der Waals surface area (Å²) in [4.78, 5) is 13.6. The molecule has 0 aliphatic heterocycles. The summed E-state index contributed by atoms with van der Waals surface area (Å²) in [5, 5.41) is 15.1. The predicted octanol–water partition coefficient (Wildman–Crippen LogP) is 2.50. The number of carboxylic acid groups (broad SMARTS) is 1. The molecule has 0 aliphatic carbocycles. The molecule has 0 aliphatic rings. The topological polar surface area (TPSA) is 98.1 Å². The number of halogens is 2. The van der Waals surface area contributed by atoms with Crippen LogP contribution in [0.25, 0.3) is 10.4 Å². The van der Waals surface area contributed by atoms with E-state index in [-0.39, 0.29) is 23.7 Å². The molecule has 0 bridgehead atoms. The number of rotatable bonds is 6. The Labute approximate surface area is 107 Å². The van der Waals surface area contributed by atoms with Gasteiger partial charge in [0.15, 0.2) is 0 Å². The molecule has 0 radical (unpaired) electrons. The Morgan fingerprint density at radius 2 is 2.39 bits per heavy atom. The molecule has 0 saturated heterocycles. The molecule has 1 atom stereocenters. The molecule has 1 unspecified atom stereocenters. The van der Waals surface area contributed by atoms with E-state index in [1.807, 2.05) is 0 Å². The molecule has 96 valence electrons. The maximum absolute atomic E-state index is 13.5. The molecule has 0 aromatic heterocycles. The van der Waals surface area contributed by atoms with Crippen molar-refractivity contribution in [3.8, 4) is 0 Å². The zero-order valence-electron chi connectivity index (χ0n) is 9.18. The maximum atomic E-state index is 13.5. The minimum absolute atomic E-state index is 0.0593. The normalized spacial score (nSPS) is 11.7. The first-order valence-corrected chi connectivity index (χ1v) is 5.36. The van der Waals surface area contributed by atoms with Crippen LogP contribution in [0.1, 0.15) is 11.6 Å². The Bertz CT molecular complexity index is 491. The van der Waals surface area contributed by atoms with Gasteiger partial charge in [0.05, 0.1) is 0 Å². The summed E-state index contributed by atoms with van der Waals surface area (Å²) in [7, 11) is 0. The summed E-state index contributed by atoms with van der Waals surface area (Å²) in [5.74, 6) is -1.90. The van der Waals surface area contributed by atoms with Gasteiger partial charge in [-0.2, -0.15) is 0 Å². The van der Waals surface area contributed by atoms with Crippen LogP contribution in [0.3, 0.4) is 0 Å². The van der Waals surface area contributed by atoms with Crippen molar-refractivity contribution in [3.63, 3.8) is 0 Å². The van der Waals surface area contributed by atoms with Crippen LogP contribution in [0.15, 0.2) is 23.3 Å². The van der Waals surface area contributed by atoms with Crippen LogP contribution in [0.2, 0.25) is 5.02 Å². The number of hydrogen-bond acceptors (Lipinski definition) is 3. The molecule has 0 heterocycles. The van der Waals surface area contributed by atoms with E-state index in [1.165, 1.54) is 12.1 Å². The number of hydrogen-bond donors (Lipinski definition) is 2. The van der Waals surface area contributed by atoms with Crippen molar-refractivity contribution < 1.29 is 14.3 Å². The molecule has 0 saturated carbocycles. The van der Waals surface area contributed by atoms with Gasteiger partial charge in [-0.05, 0) is 23.7 Å². The highest BCUT2D eigenvalue weighted by Crippen LogP contribution is 2.21. The van der Waals surface area contributed by atoms with E-state index < -0.39 is 17.8 Å². The van der Waals surface area contributed by atoms with Gasteiger partial charge in [0.1, 0.15) is 11.9 Å². The van der Waals surface area contributed by atoms with Gasteiger partial charge in [0.2, 0.25) is 0 Å². The van der Waals surface area contributed by atoms with Gasteiger partial charge in [-0.15, -0.1) is 0 Å². The summed E-state index contributed by atoms with van der Waals surface area (Å²) < 4.78 is 13.5. The highest BCUT2D eigenvalue weighted by molar-refractivity contribution is 6.30. The predicted molar refractivity (Wildman–Crippen MR) is 63.8 cm³/mol. The lowest BCUT2D eigenvalue weighted by atomic mass is 10.1. The highest BCUT2D eigenvalue weighted by Gasteiger charge is 2.22. The lowest BCUT2D eigenvalue weighted by Gasteiger charge is -2.15. The van der Waals surface area contributed by atoms with Gasteiger partial charge >= 0.3 is 5.97 Å². The van der Waals surface area contributed by atoms with Gasteiger partial charge in [0.25, 0.3) is 0 Å². The first kappa shape index (κ1) is 14.2. The Morgan fingerprint density at radius 3 is 3.00 bits per heavy atom. The molecular formula is C10H10ClFN4O2. The van der Waals surface area contributed by atoms with Crippen molar-refractivity contribution in [2.45, 2.75) is 6.04 Å². The molecule has 18 heavy (non-hydrogen) atoms. The third-order valence-electron chi connectivity index (χ3n) is 2.14. The van der Waals surface area contributed by atoms with E-state index in [0.717, 1.165) is 6.07 Å². The van der Waals surface area contributed by atoms with Crippen LogP contribution in [-0.2, 0) is 4.79 Å². The lowest BCUT2D eigenvalue weighted by molar-refractivity contribution is -0.139. The number of aliphatic carboxylic acids is 1. The molecule has 1 aromatic rings. The SMILES string of the molecule is [N-]=[N+]=NCCNC(C(=O)O)c1cc(Cl)ccc1F. The van der Waals surface area contributed by atoms with Crippen molar-refractivity contribution in [2.75, 3.05) is 13.1 Å². The number of carboxylic acids is 1. The second-order valence-electron chi connectivity index (χ2n) is 3.35. The molecule has 0 fully saturated rings. The molecule has 0 spiro atoms. The smallest absolute Gasteiger partial charge is 0.325 e. The monoisotopic (exact) mass is 272 g/mol.